The monoisotopic (exact) mass is 165 g/mol. The molecule has 1 fully saturated rings. The molecule has 1 aliphatic rings. The SMILES string of the molecule is CN/C(C)=C/C=C1/CCCC1C. The van der Waals surface area contributed by atoms with Crippen LogP contribution in [0.5, 0.6) is 0 Å². The molecular formula is C11H19N. The molecule has 0 saturated heterocycles. The summed E-state index contributed by atoms with van der Waals surface area (Å²) in [6, 6.07) is 0. The van der Waals surface area contributed by atoms with E-state index in [2.05, 4.69) is 31.3 Å². The van der Waals surface area contributed by atoms with Crippen LogP contribution in [-0.2, 0) is 0 Å². The average Bonchev–Trinajstić information content (AvgIpc) is 2.47. The van der Waals surface area contributed by atoms with Crippen LogP contribution in [0.25, 0.3) is 0 Å². The van der Waals surface area contributed by atoms with Crippen molar-refractivity contribution in [1.82, 2.24) is 5.32 Å². The standard InChI is InChI=1S/C11H19N/c1-9-5-4-6-11(9)8-7-10(2)12-3/h7-9,12H,4-6H2,1-3H3/b10-7+,11-8-. The van der Waals surface area contributed by atoms with Crippen LogP contribution in [0.2, 0.25) is 0 Å². The van der Waals surface area contributed by atoms with E-state index in [-0.39, 0.29) is 0 Å². The third kappa shape index (κ3) is 2.40. The Morgan fingerprint density at radius 3 is 2.83 bits per heavy atom. The molecule has 1 rings (SSSR count). The predicted octanol–water partition coefficient (Wildman–Crippen LogP) is 2.86. The first-order chi connectivity index (χ1) is 5.74. The van der Waals surface area contributed by atoms with Gasteiger partial charge in [0.05, 0.1) is 0 Å². The van der Waals surface area contributed by atoms with Crippen LogP contribution in [0, 0.1) is 5.92 Å². The molecule has 68 valence electrons. The Labute approximate surface area is 75.6 Å². The van der Waals surface area contributed by atoms with Gasteiger partial charge in [0.2, 0.25) is 0 Å². The maximum atomic E-state index is 3.12. The quantitative estimate of drug-likeness (QED) is 0.663. The summed E-state index contributed by atoms with van der Waals surface area (Å²) in [6.07, 6.45) is 8.51. The zero-order valence-electron chi connectivity index (χ0n) is 8.35. The van der Waals surface area contributed by atoms with Crippen LogP contribution in [0.15, 0.2) is 23.4 Å². The third-order valence-corrected chi connectivity index (χ3v) is 2.68. The van der Waals surface area contributed by atoms with Gasteiger partial charge in [-0.2, -0.15) is 0 Å². The van der Waals surface area contributed by atoms with Crippen molar-refractivity contribution in [3.05, 3.63) is 23.4 Å². The molecule has 0 spiro atoms. The highest BCUT2D eigenvalue weighted by molar-refractivity contribution is 5.19. The topological polar surface area (TPSA) is 12.0 Å². The maximum Gasteiger partial charge on any atom is 0.00724 e. The lowest BCUT2D eigenvalue weighted by Crippen LogP contribution is -2.00. The van der Waals surface area contributed by atoms with Crippen molar-refractivity contribution in [2.75, 3.05) is 7.05 Å². The minimum atomic E-state index is 0.811. The molecule has 0 heterocycles. The minimum Gasteiger partial charge on any atom is -0.392 e. The summed E-state index contributed by atoms with van der Waals surface area (Å²) in [7, 11) is 1.96. The van der Waals surface area contributed by atoms with Gasteiger partial charge in [0.25, 0.3) is 0 Å². The highest BCUT2D eigenvalue weighted by Gasteiger charge is 2.14. The molecule has 1 N–H and O–H groups in total. The van der Waals surface area contributed by atoms with Crippen molar-refractivity contribution in [2.45, 2.75) is 33.1 Å². The van der Waals surface area contributed by atoms with E-state index in [4.69, 9.17) is 0 Å². The van der Waals surface area contributed by atoms with E-state index in [1.165, 1.54) is 25.0 Å². The lowest BCUT2D eigenvalue weighted by molar-refractivity contribution is 0.696. The number of nitrogens with one attached hydrogen (secondary N) is 1. The van der Waals surface area contributed by atoms with Crippen LogP contribution in [0.4, 0.5) is 0 Å². The maximum absolute atomic E-state index is 3.12. The van der Waals surface area contributed by atoms with Gasteiger partial charge in [-0.05, 0) is 38.2 Å². The first-order valence-corrected chi connectivity index (χ1v) is 4.79. The summed E-state index contributed by atoms with van der Waals surface area (Å²) in [4.78, 5) is 0. The lowest BCUT2D eigenvalue weighted by atomic mass is 10.1. The lowest BCUT2D eigenvalue weighted by Gasteiger charge is -2.02. The molecule has 1 nitrogen and oxygen atoms in total. The van der Waals surface area contributed by atoms with Gasteiger partial charge in [-0.1, -0.05) is 18.6 Å². The van der Waals surface area contributed by atoms with Gasteiger partial charge in [0, 0.05) is 12.7 Å². The van der Waals surface area contributed by atoms with Crippen molar-refractivity contribution >= 4 is 0 Å². The molecule has 0 aromatic heterocycles. The summed E-state index contributed by atoms with van der Waals surface area (Å²) in [5.74, 6) is 0.811. The zero-order valence-corrected chi connectivity index (χ0v) is 8.35. The number of hydrogen-bond donors (Lipinski definition) is 1. The third-order valence-electron chi connectivity index (χ3n) is 2.68. The van der Waals surface area contributed by atoms with Gasteiger partial charge in [0.1, 0.15) is 0 Å². The van der Waals surface area contributed by atoms with Crippen molar-refractivity contribution in [3.63, 3.8) is 0 Å². The molecule has 12 heavy (non-hydrogen) atoms. The Hall–Kier alpha value is -0.720. The summed E-state index contributed by atoms with van der Waals surface area (Å²) >= 11 is 0. The first kappa shape index (κ1) is 9.37. The average molecular weight is 165 g/mol. The summed E-state index contributed by atoms with van der Waals surface area (Å²) in [5.41, 5.74) is 2.85. The van der Waals surface area contributed by atoms with Crippen molar-refractivity contribution < 1.29 is 0 Å². The van der Waals surface area contributed by atoms with Gasteiger partial charge >= 0.3 is 0 Å². The minimum absolute atomic E-state index is 0.811. The summed E-state index contributed by atoms with van der Waals surface area (Å²) < 4.78 is 0. The van der Waals surface area contributed by atoms with Crippen LogP contribution >= 0.6 is 0 Å². The molecule has 1 heteroatoms. The molecule has 0 amide bonds. The molecule has 0 aliphatic heterocycles. The Balaban J connectivity index is 2.56. The molecule has 1 atom stereocenters. The second-order valence-electron chi connectivity index (χ2n) is 3.63. The van der Waals surface area contributed by atoms with Crippen molar-refractivity contribution in [3.8, 4) is 0 Å². The Bertz CT molecular complexity index is 201. The predicted molar refractivity (Wildman–Crippen MR) is 53.9 cm³/mol. The molecule has 0 aromatic carbocycles. The molecule has 1 aliphatic carbocycles. The van der Waals surface area contributed by atoms with Crippen LogP contribution in [0.3, 0.4) is 0 Å². The van der Waals surface area contributed by atoms with Crippen molar-refractivity contribution in [1.29, 1.82) is 0 Å². The molecule has 1 unspecified atom stereocenters. The molecule has 0 bridgehead atoms. The second kappa shape index (κ2) is 4.34. The van der Waals surface area contributed by atoms with E-state index in [9.17, 15) is 0 Å². The van der Waals surface area contributed by atoms with Gasteiger partial charge in [-0.25, -0.2) is 0 Å². The zero-order chi connectivity index (χ0) is 8.97. The van der Waals surface area contributed by atoms with E-state index in [0.29, 0.717) is 0 Å². The summed E-state index contributed by atoms with van der Waals surface area (Å²) in [6.45, 7) is 4.41. The fourth-order valence-electron chi connectivity index (χ4n) is 1.61. The number of hydrogen-bond acceptors (Lipinski definition) is 1. The molecule has 0 aromatic rings. The first-order valence-electron chi connectivity index (χ1n) is 4.79. The van der Waals surface area contributed by atoms with Gasteiger partial charge in [-0.3, -0.25) is 0 Å². The van der Waals surface area contributed by atoms with Gasteiger partial charge in [0.15, 0.2) is 0 Å². The van der Waals surface area contributed by atoms with Gasteiger partial charge in [-0.15, -0.1) is 0 Å². The van der Waals surface area contributed by atoms with Crippen molar-refractivity contribution in [2.24, 2.45) is 5.92 Å². The molecule has 0 radical (unpaired) electrons. The van der Waals surface area contributed by atoms with E-state index >= 15 is 0 Å². The molecular weight excluding hydrogens is 146 g/mol. The highest BCUT2D eigenvalue weighted by Crippen LogP contribution is 2.30. The fourth-order valence-corrected chi connectivity index (χ4v) is 1.61. The largest absolute Gasteiger partial charge is 0.392 e. The summed E-state index contributed by atoms with van der Waals surface area (Å²) in [5, 5.41) is 3.12. The molecule has 1 saturated carbocycles. The van der Waals surface area contributed by atoms with E-state index in [1.807, 2.05) is 7.05 Å². The van der Waals surface area contributed by atoms with E-state index < -0.39 is 0 Å². The van der Waals surface area contributed by atoms with E-state index in [1.54, 1.807) is 5.57 Å². The highest BCUT2D eigenvalue weighted by atomic mass is 14.8. The van der Waals surface area contributed by atoms with E-state index in [0.717, 1.165) is 5.92 Å². The number of rotatable bonds is 2. The van der Waals surface area contributed by atoms with Crippen LogP contribution in [-0.4, -0.2) is 7.05 Å². The normalized spacial score (nSPS) is 28.1. The number of allylic oxidation sites excluding steroid dienone is 4. The van der Waals surface area contributed by atoms with Crippen LogP contribution in [0.1, 0.15) is 33.1 Å². The van der Waals surface area contributed by atoms with Crippen LogP contribution < -0.4 is 5.32 Å². The Morgan fingerprint density at radius 1 is 1.58 bits per heavy atom. The second-order valence-corrected chi connectivity index (χ2v) is 3.63. The Morgan fingerprint density at radius 2 is 2.33 bits per heavy atom. The van der Waals surface area contributed by atoms with Gasteiger partial charge < -0.3 is 5.32 Å². The fraction of sp³-hybridized carbons (Fsp3) is 0.636. The smallest absolute Gasteiger partial charge is 0.00724 e. The Kier molecular flexibility index (Phi) is 3.39.